The smallest absolute Gasteiger partial charge is 0.189 e. The highest BCUT2D eigenvalue weighted by molar-refractivity contribution is 6.30. The molecule has 5 heteroatoms. The van der Waals surface area contributed by atoms with E-state index in [1.54, 1.807) is 6.07 Å². The molecular weight excluding hydrogens is 265 g/mol. The van der Waals surface area contributed by atoms with Crippen molar-refractivity contribution in [2.75, 3.05) is 0 Å². The maximum absolute atomic E-state index is 13.4. The Morgan fingerprint density at radius 2 is 2.21 bits per heavy atom. The molecule has 0 heterocycles. The van der Waals surface area contributed by atoms with Gasteiger partial charge in [-0.25, -0.2) is 9.38 Å². The zero-order valence-corrected chi connectivity index (χ0v) is 11.3. The van der Waals surface area contributed by atoms with Crippen LogP contribution in [0.3, 0.4) is 0 Å². The summed E-state index contributed by atoms with van der Waals surface area (Å²) >= 11 is 5.67. The largest absolute Gasteiger partial charge is 0.370 e. The van der Waals surface area contributed by atoms with Gasteiger partial charge < -0.3 is 11.1 Å². The van der Waals surface area contributed by atoms with Crippen LogP contribution in [-0.2, 0) is 0 Å². The Hall–Kier alpha value is -1.29. The van der Waals surface area contributed by atoms with Gasteiger partial charge in [0.1, 0.15) is 5.82 Å². The number of nitrogens with zero attached hydrogens (tertiary/aromatic N) is 1. The summed E-state index contributed by atoms with van der Waals surface area (Å²) in [5, 5.41) is 3.38. The number of halogens is 2. The topological polar surface area (TPSA) is 50.4 Å². The number of hydrogen-bond donors (Lipinski definition) is 2. The molecule has 0 saturated heterocycles. The van der Waals surface area contributed by atoms with Crippen molar-refractivity contribution < 1.29 is 4.39 Å². The lowest BCUT2D eigenvalue weighted by Gasteiger charge is -2.26. The number of benzene rings is 1. The second-order valence-electron chi connectivity index (χ2n) is 5.37. The molecule has 2 aliphatic rings. The number of guanidine groups is 1. The van der Waals surface area contributed by atoms with Crippen molar-refractivity contribution in [1.29, 1.82) is 0 Å². The maximum Gasteiger partial charge on any atom is 0.189 e. The van der Waals surface area contributed by atoms with Gasteiger partial charge in [-0.3, -0.25) is 0 Å². The molecule has 2 saturated carbocycles. The summed E-state index contributed by atoms with van der Waals surface area (Å²) in [5.74, 6) is 0.425. The molecule has 0 aromatic heterocycles. The Balaban J connectivity index is 1.60. The van der Waals surface area contributed by atoms with E-state index in [9.17, 15) is 4.39 Å². The lowest BCUT2D eigenvalue weighted by molar-refractivity contribution is 0.382. The molecule has 0 spiro atoms. The molecule has 0 unspecified atom stereocenters. The molecular formula is C14H17ClFN3. The minimum absolute atomic E-state index is 0.163. The van der Waals surface area contributed by atoms with E-state index in [0.29, 0.717) is 12.0 Å². The van der Waals surface area contributed by atoms with Crippen molar-refractivity contribution in [3.63, 3.8) is 0 Å². The molecule has 102 valence electrons. The SMILES string of the molecule is NC(=N[C@@H]1C[C@H]1c1ccc(Cl)c(F)c1)NC1CCC1. The first-order valence-corrected chi connectivity index (χ1v) is 7.06. The first kappa shape index (κ1) is 12.7. The van der Waals surface area contributed by atoms with Crippen LogP contribution in [-0.4, -0.2) is 18.0 Å². The fourth-order valence-corrected chi connectivity index (χ4v) is 2.52. The van der Waals surface area contributed by atoms with E-state index >= 15 is 0 Å². The van der Waals surface area contributed by atoms with Crippen LogP contribution in [0.1, 0.15) is 37.2 Å². The molecule has 0 bridgehead atoms. The van der Waals surface area contributed by atoms with Crippen LogP contribution < -0.4 is 11.1 Å². The molecule has 1 aromatic rings. The van der Waals surface area contributed by atoms with Crippen LogP contribution in [0.5, 0.6) is 0 Å². The van der Waals surface area contributed by atoms with Gasteiger partial charge >= 0.3 is 0 Å². The predicted molar refractivity (Wildman–Crippen MR) is 75.0 cm³/mol. The molecule has 0 radical (unpaired) electrons. The summed E-state index contributed by atoms with van der Waals surface area (Å²) < 4.78 is 13.4. The number of nitrogens with two attached hydrogens (primary N) is 1. The van der Waals surface area contributed by atoms with Gasteiger partial charge in [0.2, 0.25) is 0 Å². The zero-order chi connectivity index (χ0) is 13.4. The molecule has 0 amide bonds. The van der Waals surface area contributed by atoms with E-state index in [1.165, 1.54) is 25.3 Å². The predicted octanol–water partition coefficient (Wildman–Crippen LogP) is 2.79. The van der Waals surface area contributed by atoms with Gasteiger partial charge in [0, 0.05) is 12.0 Å². The van der Waals surface area contributed by atoms with Crippen LogP contribution in [0.4, 0.5) is 4.39 Å². The van der Waals surface area contributed by atoms with E-state index in [0.717, 1.165) is 12.0 Å². The molecule has 2 fully saturated rings. The third-order valence-corrected chi connectivity index (χ3v) is 4.20. The summed E-state index contributed by atoms with van der Waals surface area (Å²) in [5.41, 5.74) is 6.81. The summed E-state index contributed by atoms with van der Waals surface area (Å²) in [6.07, 6.45) is 4.54. The van der Waals surface area contributed by atoms with Crippen LogP contribution >= 0.6 is 11.6 Å². The van der Waals surface area contributed by atoms with Gasteiger partial charge in [0.15, 0.2) is 5.96 Å². The Bertz CT molecular complexity index is 513. The van der Waals surface area contributed by atoms with E-state index in [4.69, 9.17) is 17.3 Å². The van der Waals surface area contributed by atoms with Crippen LogP contribution in [0.25, 0.3) is 0 Å². The number of hydrogen-bond acceptors (Lipinski definition) is 1. The van der Waals surface area contributed by atoms with E-state index in [1.807, 2.05) is 6.07 Å². The molecule has 3 N–H and O–H groups in total. The average molecular weight is 282 g/mol. The van der Waals surface area contributed by atoms with Gasteiger partial charge in [-0.15, -0.1) is 0 Å². The number of nitrogens with one attached hydrogen (secondary N) is 1. The monoisotopic (exact) mass is 281 g/mol. The van der Waals surface area contributed by atoms with Crippen molar-refractivity contribution in [2.24, 2.45) is 10.7 Å². The first-order chi connectivity index (χ1) is 9.13. The lowest BCUT2D eigenvalue weighted by atomic mass is 9.93. The molecule has 2 aliphatic carbocycles. The Morgan fingerprint density at radius 1 is 1.42 bits per heavy atom. The Morgan fingerprint density at radius 3 is 2.84 bits per heavy atom. The molecule has 1 aromatic carbocycles. The zero-order valence-electron chi connectivity index (χ0n) is 10.6. The summed E-state index contributed by atoms with van der Waals surface area (Å²) in [6, 6.07) is 5.63. The van der Waals surface area contributed by atoms with Gasteiger partial charge in [0.25, 0.3) is 0 Å². The van der Waals surface area contributed by atoms with Crippen LogP contribution in [0.15, 0.2) is 23.2 Å². The van der Waals surface area contributed by atoms with Crippen molar-refractivity contribution in [3.05, 3.63) is 34.6 Å². The highest BCUT2D eigenvalue weighted by Crippen LogP contribution is 2.44. The maximum atomic E-state index is 13.4. The second kappa shape index (κ2) is 5.00. The third-order valence-electron chi connectivity index (χ3n) is 3.89. The highest BCUT2D eigenvalue weighted by atomic mass is 35.5. The minimum Gasteiger partial charge on any atom is -0.370 e. The quantitative estimate of drug-likeness (QED) is 0.661. The van der Waals surface area contributed by atoms with Crippen LogP contribution in [0, 0.1) is 5.82 Å². The number of aliphatic imine (C=N–C) groups is 1. The second-order valence-corrected chi connectivity index (χ2v) is 5.78. The molecule has 3 rings (SSSR count). The molecule has 19 heavy (non-hydrogen) atoms. The van der Waals surface area contributed by atoms with Crippen molar-refractivity contribution in [2.45, 2.75) is 43.7 Å². The van der Waals surface area contributed by atoms with Crippen molar-refractivity contribution in [3.8, 4) is 0 Å². The van der Waals surface area contributed by atoms with Gasteiger partial charge in [-0.2, -0.15) is 0 Å². The van der Waals surface area contributed by atoms with E-state index < -0.39 is 0 Å². The van der Waals surface area contributed by atoms with E-state index in [2.05, 4.69) is 10.3 Å². The summed E-state index contributed by atoms with van der Waals surface area (Å²) in [4.78, 5) is 4.45. The Kier molecular flexibility index (Phi) is 3.35. The third kappa shape index (κ3) is 2.84. The van der Waals surface area contributed by atoms with Crippen molar-refractivity contribution >= 4 is 17.6 Å². The van der Waals surface area contributed by atoms with Gasteiger partial charge in [-0.1, -0.05) is 17.7 Å². The first-order valence-electron chi connectivity index (χ1n) is 6.68. The molecule has 3 nitrogen and oxygen atoms in total. The van der Waals surface area contributed by atoms with Crippen LogP contribution in [0.2, 0.25) is 5.02 Å². The van der Waals surface area contributed by atoms with Crippen molar-refractivity contribution in [1.82, 2.24) is 5.32 Å². The summed E-state index contributed by atoms with van der Waals surface area (Å²) in [6.45, 7) is 0. The fraction of sp³-hybridized carbons (Fsp3) is 0.500. The highest BCUT2D eigenvalue weighted by Gasteiger charge is 2.39. The normalized spacial score (nSPS) is 26.9. The molecule has 0 aliphatic heterocycles. The number of rotatable bonds is 3. The minimum atomic E-state index is -0.366. The average Bonchev–Trinajstić information content (AvgIpc) is 3.07. The molecule has 2 atom stereocenters. The fourth-order valence-electron chi connectivity index (χ4n) is 2.40. The standard InChI is InChI=1S/C14H17ClFN3/c15-11-5-4-8(6-12(11)16)10-7-13(10)19-14(17)18-9-2-1-3-9/h4-6,9-10,13H,1-3,7H2,(H3,17,18,19)/t10-,13+/m0/s1. The lowest BCUT2D eigenvalue weighted by Crippen LogP contribution is -2.43. The summed E-state index contributed by atoms with van der Waals surface area (Å²) in [7, 11) is 0. The van der Waals surface area contributed by atoms with E-state index in [-0.39, 0.29) is 22.8 Å². The van der Waals surface area contributed by atoms with Gasteiger partial charge in [0.05, 0.1) is 11.1 Å². The van der Waals surface area contributed by atoms with Gasteiger partial charge in [-0.05, 0) is 43.4 Å². The Labute approximate surface area is 117 Å².